The second-order valence-corrected chi connectivity index (χ2v) is 7.48. The lowest BCUT2D eigenvalue weighted by Gasteiger charge is -2.15. The Bertz CT molecular complexity index is 1440. The van der Waals surface area contributed by atoms with E-state index in [0.29, 0.717) is 22.0 Å². The summed E-state index contributed by atoms with van der Waals surface area (Å²) in [5.41, 5.74) is 2.05. The number of imidazole rings is 1. The van der Waals surface area contributed by atoms with E-state index in [1.807, 2.05) is 32.9 Å². The predicted molar refractivity (Wildman–Crippen MR) is 108 cm³/mol. The third-order valence-electron chi connectivity index (χ3n) is 4.75. The van der Waals surface area contributed by atoms with Crippen molar-refractivity contribution in [2.45, 2.75) is 26.8 Å². The molecule has 0 unspecified atom stereocenters. The molecular weight excluding hydrogens is 394 g/mol. The molecule has 0 aliphatic carbocycles. The molecule has 0 aliphatic rings. The highest BCUT2D eigenvalue weighted by Gasteiger charge is 2.22. The minimum Gasteiger partial charge on any atom is -0.456 e. The average molecular weight is 410 g/mol. The molecule has 9 heteroatoms. The molecule has 29 heavy (non-hydrogen) atoms. The van der Waals surface area contributed by atoms with E-state index >= 15 is 0 Å². The number of furan rings is 1. The minimum absolute atomic E-state index is 0.0804. The molecular formula is C20H16ClN5O3. The van der Waals surface area contributed by atoms with Crippen molar-refractivity contribution in [2.75, 3.05) is 0 Å². The maximum atomic E-state index is 13.4. The summed E-state index contributed by atoms with van der Waals surface area (Å²) in [7, 11) is 0. The summed E-state index contributed by atoms with van der Waals surface area (Å²) in [6.07, 6.45) is 1.58. The third-order valence-corrected chi connectivity index (χ3v) is 4.99. The van der Waals surface area contributed by atoms with Gasteiger partial charge in [0.25, 0.3) is 11.4 Å². The van der Waals surface area contributed by atoms with Gasteiger partial charge >= 0.3 is 0 Å². The van der Waals surface area contributed by atoms with Crippen molar-refractivity contribution in [3.8, 4) is 23.2 Å². The molecule has 5 aromatic rings. The van der Waals surface area contributed by atoms with Crippen LogP contribution in [-0.4, -0.2) is 24.1 Å². The van der Waals surface area contributed by atoms with Crippen LogP contribution in [0.1, 0.15) is 25.6 Å². The van der Waals surface area contributed by atoms with Crippen LogP contribution in [0, 0.1) is 6.92 Å². The normalized spacial score (nSPS) is 11.9. The first-order valence-electron chi connectivity index (χ1n) is 9.05. The van der Waals surface area contributed by atoms with Gasteiger partial charge in [0.2, 0.25) is 5.82 Å². The van der Waals surface area contributed by atoms with Crippen LogP contribution in [0.3, 0.4) is 0 Å². The summed E-state index contributed by atoms with van der Waals surface area (Å²) in [5.74, 6) is 1.64. The Hall–Kier alpha value is -3.39. The summed E-state index contributed by atoms with van der Waals surface area (Å²) in [4.78, 5) is 22.2. The number of hydrogen-bond acceptors (Lipinski definition) is 6. The first-order valence-corrected chi connectivity index (χ1v) is 9.43. The number of hydrogen-bond donors (Lipinski definition) is 0. The predicted octanol–water partition coefficient (Wildman–Crippen LogP) is 4.50. The van der Waals surface area contributed by atoms with E-state index in [2.05, 4.69) is 15.1 Å². The lowest BCUT2D eigenvalue weighted by atomic mass is 10.2. The number of rotatable bonds is 3. The SMILES string of the molecule is Cc1ccc(-c2nc(-c3ncn4c3c(=O)n(C(C)C)c3cc(Cl)ccc34)no2)o1. The zero-order chi connectivity index (χ0) is 20.3. The van der Waals surface area contributed by atoms with Gasteiger partial charge in [0, 0.05) is 11.1 Å². The van der Waals surface area contributed by atoms with E-state index in [0.717, 1.165) is 16.8 Å². The molecule has 1 aromatic carbocycles. The molecule has 4 aromatic heterocycles. The van der Waals surface area contributed by atoms with Gasteiger partial charge in [-0.3, -0.25) is 9.20 Å². The summed E-state index contributed by atoms with van der Waals surface area (Å²) in [6.45, 7) is 5.72. The smallest absolute Gasteiger partial charge is 0.293 e. The quantitative estimate of drug-likeness (QED) is 0.435. The van der Waals surface area contributed by atoms with Gasteiger partial charge in [-0.2, -0.15) is 4.98 Å². The molecule has 5 rings (SSSR count). The Morgan fingerprint density at radius 1 is 1.14 bits per heavy atom. The largest absolute Gasteiger partial charge is 0.456 e. The van der Waals surface area contributed by atoms with E-state index in [9.17, 15) is 4.79 Å². The Kier molecular flexibility index (Phi) is 3.85. The average Bonchev–Trinajstić information content (AvgIpc) is 3.39. The molecule has 8 nitrogen and oxygen atoms in total. The van der Waals surface area contributed by atoms with E-state index in [1.165, 1.54) is 0 Å². The van der Waals surface area contributed by atoms with Gasteiger partial charge in [-0.1, -0.05) is 16.8 Å². The molecule has 0 N–H and O–H groups in total. The monoisotopic (exact) mass is 409 g/mol. The molecule has 0 radical (unpaired) electrons. The van der Waals surface area contributed by atoms with Crippen LogP contribution in [0.25, 0.3) is 39.7 Å². The van der Waals surface area contributed by atoms with Crippen LogP contribution in [0.4, 0.5) is 0 Å². The number of aromatic nitrogens is 5. The van der Waals surface area contributed by atoms with Crippen LogP contribution in [0.5, 0.6) is 0 Å². The van der Waals surface area contributed by atoms with Crippen molar-refractivity contribution < 1.29 is 8.94 Å². The van der Waals surface area contributed by atoms with Gasteiger partial charge in [0.1, 0.15) is 23.3 Å². The molecule has 0 atom stereocenters. The van der Waals surface area contributed by atoms with E-state index in [4.69, 9.17) is 20.5 Å². The standard InChI is InChI=1S/C20H16ClN5O3/c1-10(2)26-14-8-12(21)5-6-13(14)25-9-22-16(17(25)20(26)27)18-23-19(29-24-18)15-7-4-11(3)28-15/h4-10H,1-3H3. The topological polar surface area (TPSA) is 91.4 Å². The molecule has 0 saturated carbocycles. The minimum atomic E-state index is -0.206. The third kappa shape index (κ3) is 2.67. The molecule has 146 valence electrons. The Morgan fingerprint density at radius 3 is 2.69 bits per heavy atom. The highest BCUT2D eigenvalue weighted by molar-refractivity contribution is 6.31. The van der Waals surface area contributed by atoms with Gasteiger partial charge in [0.05, 0.1) is 11.0 Å². The first-order chi connectivity index (χ1) is 13.9. The maximum absolute atomic E-state index is 13.4. The summed E-state index contributed by atoms with van der Waals surface area (Å²) in [6, 6.07) is 8.91. The number of benzene rings is 1. The van der Waals surface area contributed by atoms with E-state index < -0.39 is 0 Å². The fraction of sp³-hybridized carbons (Fsp3) is 0.200. The van der Waals surface area contributed by atoms with Gasteiger partial charge in [-0.15, -0.1) is 0 Å². The fourth-order valence-electron chi connectivity index (χ4n) is 3.50. The lowest BCUT2D eigenvalue weighted by Crippen LogP contribution is -2.24. The van der Waals surface area contributed by atoms with Crippen molar-refractivity contribution >= 4 is 28.2 Å². The zero-order valence-electron chi connectivity index (χ0n) is 15.9. The van der Waals surface area contributed by atoms with Crippen molar-refractivity contribution in [1.82, 2.24) is 24.1 Å². The second kappa shape index (κ2) is 6.31. The summed E-state index contributed by atoms with van der Waals surface area (Å²) in [5, 5.41) is 4.57. The molecule has 0 aliphatic heterocycles. The van der Waals surface area contributed by atoms with E-state index in [-0.39, 0.29) is 23.3 Å². The highest BCUT2D eigenvalue weighted by atomic mass is 35.5. The van der Waals surface area contributed by atoms with Gasteiger partial charge in [0.15, 0.2) is 5.76 Å². The van der Waals surface area contributed by atoms with Gasteiger partial charge in [-0.25, -0.2) is 4.98 Å². The van der Waals surface area contributed by atoms with Crippen LogP contribution in [0.2, 0.25) is 5.02 Å². The van der Waals surface area contributed by atoms with E-state index in [1.54, 1.807) is 33.5 Å². The molecule has 0 bridgehead atoms. The number of nitrogens with zero attached hydrogens (tertiary/aromatic N) is 5. The zero-order valence-corrected chi connectivity index (χ0v) is 16.6. The van der Waals surface area contributed by atoms with Crippen molar-refractivity contribution in [2.24, 2.45) is 0 Å². The van der Waals surface area contributed by atoms with Crippen molar-refractivity contribution in [3.63, 3.8) is 0 Å². The van der Waals surface area contributed by atoms with Gasteiger partial charge < -0.3 is 13.5 Å². The lowest BCUT2D eigenvalue weighted by molar-refractivity contribution is 0.414. The number of aryl methyl sites for hydroxylation is 1. The molecule has 0 saturated heterocycles. The first kappa shape index (κ1) is 17.7. The van der Waals surface area contributed by atoms with Crippen LogP contribution < -0.4 is 5.56 Å². The Balaban J connectivity index is 1.79. The number of fused-ring (bicyclic) bond motifs is 3. The van der Waals surface area contributed by atoms with Crippen LogP contribution >= 0.6 is 11.6 Å². The molecule has 0 spiro atoms. The van der Waals surface area contributed by atoms with Crippen molar-refractivity contribution in [3.05, 3.63) is 57.8 Å². The van der Waals surface area contributed by atoms with Crippen molar-refractivity contribution in [1.29, 1.82) is 0 Å². The highest BCUT2D eigenvalue weighted by Crippen LogP contribution is 2.28. The molecule has 0 amide bonds. The summed E-state index contributed by atoms with van der Waals surface area (Å²) < 4.78 is 14.3. The molecule has 4 heterocycles. The van der Waals surface area contributed by atoms with Gasteiger partial charge in [-0.05, 0) is 51.1 Å². The van der Waals surface area contributed by atoms with Crippen LogP contribution in [0.15, 0.2) is 50.4 Å². The van der Waals surface area contributed by atoms with Crippen LogP contribution in [-0.2, 0) is 0 Å². The fourth-order valence-corrected chi connectivity index (χ4v) is 3.66. The Labute approximate surface area is 169 Å². The summed E-state index contributed by atoms with van der Waals surface area (Å²) >= 11 is 6.18. The molecule has 0 fully saturated rings. The Morgan fingerprint density at radius 2 is 1.97 bits per heavy atom. The number of halogens is 1. The maximum Gasteiger partial charge on any atom is 0.293 e. The second-order valence-electron chi connectivity index (χ2n) is 7.05.